The fourth-order valence-electron chi connectivity index (χ4n) is 2.30. The molecule has 0 saturated carbocycles. The summed E-state index contributed by atoms with van der Waals surface area (Å²) >= 11 is 31.7. The van der Waals surface area contributed by atoms with Crippen molar-refractivity contribution in [3.63, 3.8) is 0 Å². The number of nitrogens with zero attached hydrogens (tertiary/aromatic N) is 1. The summed E-state index contributed by atoms with van der Waals surface area (Å²) in [6.45, 7) is 0. The largest absolute Gasteiger partial charge is 0.263 e. The standard InChI is InChI=1S/C17H8Cl5N/c18-11-3-1-4-12(19)15(11)9-7-23-8-10(17(9)22)16-13(20)5-2-6-14(16)21/h1-8H. The molecule has 0 fully saturated rings. The Morgan fingerprint density at radius 1 is 0.565 bits per heavy atom. The molecule has 0 bridgehead atoms. The fraction of sp³-hybridized carbons (Fsp3) is 0. The summed E-state index contributed by atoms with van der Waals surface area (Å²) in [5.74, 6) is 0. The van der Waals surface area contributed by atoms with Crippen molar-refractivity contribution in [3.8, 4) is 22.3 Å². The first-order valence-corrected chi connectivity index (χ1v) is 8.42. The highest BCUT2D eigenvalue weighted by molar-refractivity contribution is 6.43. The van der Waals surface area contributed by atoms with E-state index in [9.17, 15) is 0 Å². The minimum Gasteiger partial charge on any atom is -0.263 e. The summed E-state index contributed by atoms with van der Waals surface area (Å²) in [7, 11) is 0. The second-order valence-electron chi connectivity index (χ2n) is 4.74. The lowest BCUT2D eigenvalue weighted by Crippen LogP contribution is -1.90. The van der Waals surface area contributed by atoms with Gasteiger partial charge in [0.15, 0.2) is 0 Å². The molecule has 1 heterocycles. The second kappa shape index (κ2) is 6.88. The molecule has 0 saturated heterocycles. The van der Waals surface area contributed by atoms with Gasteiger partial charge in [-0.3, -0.25) is 4.98 Å². The Balaban J connectivity index is 2.29. The van der Waals surface area contributed by atoms with Gasteiger partial charge in [0.1, 0.15) is 0 Å². The highest BCUT2D eigenvalue weighted by Gasteiger charge is 2.18. The summed E-state index contributed by atoms with van der Waals surface area (Å²) in [5, 5.41) is 2.39. The van der Waals surface area contributed by atoms with Crippen molar-refractivity contribution in [3.05, 3.63) is 73.9 Å². The molecule has 3 rings (SSSR count). The van der Waals surface area contributed by atoms with Crippen molar-refractivity contribution in [1.29, 1.82) is 0 Å². The molecule has 0 unspecified atom stereocenters. The van der Waals surface area contributed by atoms with Gasteiger partial charge < -0.3 is 0 Å². The molecule has 0 amide bonds. The van der Waals surface area contributed by atoms with E-state index >= 15 is 0 Å². The number of aromatic nitrogens is 1. The van der Waals surface area contributed by atoms with Crippen LogP contribution in [0.15, 0.2) is 48.8 Å². The Hall–Kier alpha value is -0.960. The van der Waals surface area contributed by atoms with Crippen LogP contribution in [-0.2, 0) is 0 Å². The zero-order valence-electron chi connectivity index (χ0n) is 11.5. The van der Waals surface area contributed by atoms with Gasteiger partial charge in [-0.25, -0.2) is 0 Å². The Morgan fingerprint density at radius 3 is 1.26 bits per heavy atom. The smallest absolute Gasteiger partial charge is 0.0595 e. The lowest BCUT2D eigenvalue weighted by Gasteiger charge is -2.14. The molecular formula is C17H8Cl5N. The molecule has 0 aliphatic carbocycles. The first-order valence-electron chi connectivity index (χ1n) is 6.53. The fourth-order valence-corrected chi connectivity index (χ4v) is 3.79. The predicted molar refractivity (Wildman–Crippen MR) is 100 cm³/mol. The van der Waals surface area contributed by atoms with E-state index in [4.69, 9.17) is 58.0 Å². The van der Waals surface area contributed by atoms with Gasteiger partial charge in [-0.2, -0.15) is 0 Å². The number of pyridine rings is 1. The summed E-state index contributed by atoms with van der Waals surface area (Å²) in [4.78, 5) is 4.24. The van der Waals surface area contributed by atoms with Gasteiger partial charge in [-0.15, -0.1) is 0 Å². The highest BCUT2D eigenvalue weighted by atomic mass is 35.5. The van der Waals surface area contributed by atoms with Crippen LogP contribution in [0.1, 0.15) is 0 Å². The van der Waals surface area contributed by atoms with Crippen molar-refractivity contribution in [2.45, 2.75) is 0 Å². The minimum atomic E-state index is 0.435. The maximum absolute atomic E-state index is 6.59. The normalized spacial score (nSPS) is 10.8. The first kappa shape index (κ1) is 16.9. The number of hydrogen-bond acceptors (Lipinski definition) is 1. The third-order valence-corrected chi connectivity index (χ3v) is 5.01. The average Bonchev–Trinajstić information content (AvgIpc) is 2.50. The second-order valence-corrected chi connectivity index (χ2v) is 6.75. The van der Waals surface area contributed by atoms with Crippen molar-refractivity contribution < 1.29 is 0 Å². The van der Waals surface area contributed by atoms with E-state index in [1.807, 2.05) is 0 Å². The molecule has 1 nitrogen and oxygen atoms in total. The molecule has 2 aromatic carbocycles. The first-order chi connectivity index (χ1) is 11.0. The summed E-state index contributed by atoms with van der Waals surface area (Å²) in [6, 6.07) is 10.5. The Kier molecular flexibility index (Phi) is 5.05. The van der Waals surface area contributed by atoms with E-state index in [0.717, 1.165) is 0 Å². The van der Waals surface area contributed by atoms with E-state index in [0.29, 0.717) is 47.4 Å². The van der Waals surface area contributed by atoms with Crippen molar-refractivity contribution in [1.82, 2.24) is 4.98 Å². The zero-order valence-corrected chi connectivity index (χ0v) is 15.2. The van der Waals surface area contributed by atoms with Gasteiger partial charge in [0.25, 0.3) is 0 Å². The van der Waals surface area contributed by atoms with Gasteiger partial charge >= 0.3 is 0 Å². The van der Waals surface area contributed by atoms with E-state index in [-0.39, 0.29) is 0 Å². The number of hydrogen-bond donors (Lipinski definition) is 0. The van der Waals surface area contributed by atoms with Crippen molar-refractivity contribution >= 4 is 58.0 Å². The van der Waals surface area contributed by atoms with Crippen LogP contribution in [0.3, 0.4) is 0 Å². The Labute approximate surface area is 158 Å². The third kappa shape index (κ3) is 3.17. The molecule has 3 aromatic rings. The molecule has 0 spiro atoms. The van der Waals surface area contributed by atoms with E-state index in [1.165, 1.54) is 0 Å². The summed E-state index contributed by atoms with van der Waals surface area (Å²) in [6.07, 6.45) is 3.23. The number of rotatable bonds is 2. The van der Waals surface area contributed by atoms with Gasteiger partial charge in [-0.1, -0.05) is 70.1 Å². The quantitative estimate of drug-likeness (QED) is 0.427. The van der Waals surface area contributed by atoms with E-state index in [2.05, 4.69) is 4.98 Å². The molecular weight excluding hydrogens is 395 g/mol. The molecule has 0 radical (unpaired) electrons. The number of halogens is 5. The van der Waals surface area contributed by atoms with Crippen LogP contribution in [0.4, 0.5) is 0 Å². The highest BCUT2D eigenvalue weighted by Crippen LogP contribution is 2.44. The van der Waals surface area contributed by atoms with Gasteiger partial charge in [0, 0.05) is 34.6 Å². The van der Waals surface area contributed by atoms with Gasteiger partial charge in [-0.05, 0) is 24.3 Å². The van der Waals surface area contributed by atoms with Gasteiger partial charge in [0.2, 0.25) is 0 Å². The molecule has 0 aliphatic heterocycles. The topological polar surface area (TPSA) is 12.9 Å². The molecule has 116 valence electrons. The summed E-state index contributed by atoms with van der Waals surface area (Å²) < 4.78 is 0. The van der Waals surface area contributed by atoms with E-state index < -0.39 is 0 Å². The molecule has 0 atom stereocenters. The average molecular weight is 404 g/mol. The molecule has 1 aromatic heterocycles. The third-order valence-electron chi connectivity index (χ3n) is 3.34. The maximum atomic E-state index is 6.59. The molecule has 0 N–H and O–H groups in total. The summed E-state index contributed by atoms with van der Waals surface area (Å²) in [5.41, 5.74) is 2.49. The van der Waals surface area contributed by atoms with Gasteiger partial charge in [0.05, 0.1) is 25.1 Å². The van der Waals surface area contributed by atoms with Crippen LogP contribution in [0.25, 0.3) is 22.3 Å². The molecule has 6 heteroatoms. The van der Waals surface area contributed by atoms with Crippen LogP contribution in [0.5, 0.6) is 0 Å². The predicted octanol–water partition coefficient (Wildman–Crippen LogP) is 7.68. The Bertz CT molecular complexity index is 782. The van der Waals surface area contributed by atoms with Crippen LogP contribution in [0.2, 0.25) is 25.1 Å². The maximum Gasteiger partial charge on any atom is 0.0595 e. The lowest BCUT2D eigenvalue weighted by atomic mass is 10.0. The minimum absolute atomic E-state index is 0.435. The lowest BCUT2D eigenvalue weighted by molar-refractivity contribution is 1.33. The van der Waals surface area contributed by atoms with Crippen LogP contribution >= 0.6 is 58.0 Å². The Morgan fingerprint density at radius 2 is 0.913 bits per heavy atom. The SMILES string of the molecule is Clc1cccc(Cl)c1-c1cncc(-c2c(Cl)cccc2Cl)c1Cl. The number of benzene rings is 2. The van der Waals surface area contributed by atoms with Crippen LogP contribution in [0, 0.1) is 0 Å². The van der Waals surface area contributed by atoms with E-state index in [1.54, 1.807) is 48.8 Å². The van der Waals surface area contributed by atoms with Crippen molar-refractivity contribution in [2.24, 2.45) is 0 Å². The molecule has 23 heavy (non-hydrogen) atoms. The molecule has 0 aliphatic rings. The zero-order chi connectivity index (χ0) is 16.6. The van der Waals surface area contributed by atoms with Crippen LogP contribution in [-0.4, -0.2) is 4.98 Å². The van der Waals surface area contributed by atoms with Crippen LogP contribution < -0.4 is 0 Å². The monoisotopic (exact) mass is 401 g/mol. The van der Waals surface area contributed by atoms with Crippen molar-refractivity contribution in [2.75, 3.05) is 0 Å².